The van der Waals surface area contributed by atoms with Gasteiger partial charge in [0.15, 0.2) is 11.6 Å². The number of carbonyl (C=O) groups excluding carboxylic acids is 2. The van der Waals surface area contributed by atoms with Gasteiger partial charge in [0.1, 0.15) is 5.38 Å². The Morgan fingerprint density at radius 1 is 1.35 bits per heavy atom. The number of esters is 1. The van der Waals surface area contributed by atoms with Crippen LogP contribution in [0.25, 0.3) is 0 Å². The number of carbonyl (C=O) groups is 2. The van der Waals surface area contributed by atoms with Crippen molar-refractivity contribution in [2.45, 2.75) is 5.38 Å². The molecule has 0 aliphatic rings. The summed E-state index contributed by atoms with van der Waals surface area (Å²) in [7, 11) is 2.36. The SMILES string of the molecule is COC(=O)C(=O)[C@@H](Cl)c1ccc(F)c(OC)c1. The minimum Gasteiger partial charge on any atom is -0.494 e. The minimum atomic E-state index is -1.23. The van der Waals surface area contributed by atoms with Gasteiger partial charge in [0.05, 0.1) is 14.2 Å². The quantitative estimate of drug-likeness (QED) is 0.471. The van der Waals surface area contributed by atoms with Crippen molar-refractivity contribution in [2.24, 2.45) is 0 Å². The zero-order valence-electron chi connectivity index (χ0n) is 9.20. The van der Waals surface area contributed by atoms with Crippen molar-refractivity contribution in [2.75, 3.05) is 14.2 Å². The summed E-state index contributed by atoms with van der Waals surface area (Å²) < 4.78 is 22.1. The minimum absolute atomic E-state index is 0.0502. The molecule has 6 heteroatoms. The molecule has 0 spiro atoms. The molecule has 0 radical (unpaired) electrons. The third kappa shape index (κ3) is 2.94. The molecular weight excluding hydrogens is 251 g/mol. The second-order valence-corrected chi connectivity index (χ2v) is 3.55. The van der Waals surface area contributed by atoms with Crippen molar-refractivity contribution in [1.29, 1.82) is 0 Å². The lowest BCUT2D eigenvalue weighted by Gasteiger charge is -2.09. The van der Waals surface area contributed by atoms with Crippen LogP contribution in [0.1, 0.15) is 10.9 Å². The molecule has 1 aromatic rings. The molecule has 0 amide bonds. The second kappa shape index (κ2) is 5.63. The summed E-state index contributed by atoms with van der Waals surface area (Å²) in [5, 5.41) is -1.23. The Kier molecular flexibility index (Phi) is 4.45. The number of methoxy groups -OCH3 is 2. The lowest BCUT2D eigenvalue weighted by atomic mass is 10.1. The first-order valence-corrected chi connectivity index (χ1v) is 5.04. The fraction of sp³-hybridized carbons (Fsp3) is 0.273. The van der Waals surface area contributed by atoms with E-state index in [1.165, 1.54) is 19.2 Å². The Balaban J connectivity index is 3.00. The number of alkyl halides is 1. The molecule has 4 nitrogen and oxygen atoms in total. The Hall–Kier alpha value is -1.62. The number of halogens is 2. The van der Waals surface area contributed by atoms with E-state index in [-0.39, 0.29) is 11.3 Å². The lowest BCUT2D eigenvalue weighted by Crippen LogP contribution is -2.20. The van der Waals surface area contributed by atoms with Crippen LogP contribution < -0.4 is 4.74 Å². The van der Waals surface area contributed by atoms with Crippen LogP contribution in [-0.2, 0) is 14.3 Å². The van der Waals surface area contributed by atoms with Gasteiger partial charge in [0.2, 0.25) is 0 Å². The third-order valence-corrected chi connectivity index (χ3v) is 2.53. The average molecular weight is 261 g/mol. The van der Waals surface area contributed by atoms with Crippen molar-refractivity contribution in [1.82, 2.24) is 0 Å². The summed E-state index contributed by atoms with van der Waals surface area (Å²) in [4.78, 5) is 22.4. The van der Waals surface area contributed by atoms with Gasteiger partial charge < -0.3 is 9.47 Å². The zero-order chi connectivity index (χ0) is 13.0. The van der Waals surface area contributed by atoms with E-state index in [9.17, 15) is 14.0 Å². The molecule has 92 valence electrons. The third-order valence-electron chi connectivity index (χ3n) is 2.08. The molecule has 0 heterocycles. The predicted octanol–water partition coefficient (Wildman–Crippen LogP) is 1.86. The van der Waals surface area contributed by atoms with Gasteiger partial charge in [-0.05, 0) is 17.7 Å². The van der Waals surface area contributed by atoms with Gasteiger partial charge in [0.25, 0.3) is 5.78 Å². The van der Waals surface area contributed by atoms with Crippen molar-refractivity contribution in [3.8, 4) is 5.75 Å². The normalized spacial score (nSPS) is 11.8. The van der Waals surface area contributed by atoms with E-state index in [0.717, 1.165) is 13.2 Å². The first-order valence-electron chi connectivity index (χ1n) is 4.61. The summed E-state index contributed by atoms with van der Waals surface area (Å²) in [6.45, 7) is 0. The van der Waals surface area contributed by atoms with Gasteiger partial charge in [-0.15, -0.1) is 11.6 Å². The summed E-state index contributed by atoms with van der Waals surface area (Å²) in [6.07, 6.45) is 0. The lowest BCUT2D eigenvalue weighted by molar-refractivity contribution is -0.151. The maximum Gasteiger partial charge on any atom is 0.376 e. The van der Waals surface area contributed by atoms with Crippen molar-refractivity contribution in [3.05, 3.63) is 29.6 Å². The van der Waals surface area contributed by atoms with Gasteiger partial charge >= 0.3 is 5.97 Å². The van der Waals surface area contributed by atoms with Crippen LogP contribution in [0, 0.1) is 5.82 Å². The van der Waals surface area contributed by atoms with Crippen LogP contribution in [0.5, 0.6) is 5.75 Å². The number of ketones is 1. The van der Waals surface area contributed by atoms with Crippen LogP contribution in [0.15, 0.2) is 18.2 Å². The molecule has 17 heavy (non-hydrogen) atoms. The number of Topliss-reactive ketones (excluding diaryl/α,β-unsaturated/α-hetero) is 1. The molecule has 0 N–H and O–H groups in total. The smallest absolute Gasteiger partial charge is 0.376 e. The summed E-state index contributed by atoms with van der Waals surface area (Å²) in [5.74, 6) is -2.59. The van der Waals surface area contributed by atoms with Crippen LogP contribution in [0.3, 0.4) is 0 Å². The molecule has 1 atom stereocenters. The molecule has 0 aliphatic heterocycles. The van der Waals surface area contributed by atoms with E-state index in [1.807, 2.05) is 0 Å². The van der Waals surface area contributed by atoms with E-state index in [2.05, 4.69) is 4.74 Å². The largest absolute Gasteiger partial charge is 0.494 e. The van der Waals surface area contributed by atoms with Crippen LogP contribution in [0.4, 0.5) is 4.39 Å². The Morgan fingerprint density at radius 2 is 2.00 bits per heavy atom. The van der Waals surface area contributed by atoms with Crippen molar-refractivity contribution in [3.63, 3.8) is 0 Å². The molecule has 1 rings (SSSR count). The Bertz CT molecular complexity index is 447. The highest BCUT2D eigenvalue weighted by Gasteiger charge is 2.26. The predicted molar refractivity (Wildman–Crippen MR) is 58.6 cm³/mol. The molecule has 0 bridgehead atoms. The standard InChI is InChI=1S/C11H10ClFO4/c1-16-8-5-6(3-4-7(8)13)9(12)10(14)11(15)17-2/h3-5,9H,1-2H3/t9-/m0/s1. The summed E-state index contributed by atoms with van der Waals surface area (Å²) in [5.41, 5.74) is 0.264. The molecule has 0 aromatic heterocycles. The Labute approximate surface area is 102 Å². The molecule has 0 fully saturated rings. The van der Waals surface area contributed by atoms with Crippen LogP contribution >= 0.6 is 11.6 Å². The van der Waals surface area contributed by atoms with Crippen molar-refractivity contribution >= 4 is 23.4 Å². The number of benzene rings is 1. The van der Waals surface area contributed by atoms with E-state index in [4.69, 9.17) is 16.3 Å². The van der Waals surface area contributed by atoms with Crippen LogP contribution in [0.2, 0.25) is 0 Å². The molecular formula is C11H10ClFO4. The van der Waals surface area contributed by atoms with E-state index >= 15 is 0 Å². The number of rotatable bonds is 4. The monoisotopic (exact) mass is 260 g/mol. The van der Waals surface area contributed by atoms with E-state index in [0.29, 0.717) is 0 Å². The number of hydrogen-bond acceptors (Lipinski definition) is 4. The van der Waals surface area contributed by atoms with E-state index < -0.39 is 22.9 Å². The zero-order valence-corrected chi connectivity index (χ0v) is 9.95. The first kappa shape index (κ1) is 13.4. The Morgan fingerprint density at radius 3 is 2.53 bits per heavy atom. The van der Waals surface area contributed by atoms with Crippen LogP contribution in [-0.4, -0.2) is 26.0 Å². The average Bonchev–Trinajstić information content (AvgIpc) is 2.36. The maximum absolute atomic E-state index is 13.1. The topological polar surface area (TPSA) is 52.6 Å². The molecule has 1 aromatic carbocycles. The number of ether oxygens (including phenoxy) is 2. The van der Waals surface area contributed by atoms with Gasteiger partial charge in [-0.3, -0.25) is 4.79 Å². The van der Waals surface area contributed by atoms with Gasteiger partial charge in [0, 0.05) is 0 Å². The van der Waals surface area contributed by atoms with Gasteiger partial charge in [-0.2, -0.15) is 0 Å². The summed E-state index contributed by atoms with van der Waals surface area (Å²) in [6, 6.07) is 3.66. The van der Waals surface area contributed by atoms with E-state index in [1.54, 1.807) is 0 Å². The fourth-order valence-electron chi connectivity index (χ4n) is 1.19. The van der Waals surface area contributed by atoms with Crippen molar-refractivity contribution < 1.29 is 23.5 Å². The molecule has 0 saturated carbocycles. The summed E-state index contributed by atoms with van der Waals surface area (Å²) >= 11 is 5.78. The molecule has 0 aliphatic carbocycles. The molecule has 0 saturated heterocycles. The highest BCUT2D eigenvalue weighted by molar-refractivity contribution is 6.47. The highest BCUT2D eigenvalue weighted by Crippen LogP contribution is 2.27. The molecule has 0 unspecified atom stereocenters. The first-order chi connectivity index (χ1) is 8.01. The second-order valence-electron chi connectivity index (χ2n) is 3.11. The fourth-order valence-corrected chi connectivity index (χ4v) is 1.41. The number of hydrogen-bond donors (Lipinski definition) is 0. The van der Waals surface area contributed by atoms with Gasteiger partial charge in [-0.25, -0.2) is 9.18 Å². The highest BCUT2D eigenvalue weighted by atomic mass is 35.5. The van der Waals surface area contributed by atoms with Gasteiger partial charge in [-0.1, -0.05) is 6.07 Å². The maximum atomic E-state index is 13.1.